The van der Waals surface area contributed by atoms with Gasteiger partial charge in [-0.2, -0.15) is 8.42 Å². The van der Waals surface area contributed by atoms with Gasteiger partial charge in [-0.3, -0.25) is 4.72 Å². The Morgan fingerprint density at radius 1 is 1.39 bits per heavy atom. The number of hydrogen-bond donors (Lipinski definition) is 2. The molecular formula is C10H13BrN2O4S. The number of anilines is 1. The molecule has 18 heavy (non-hydrogen) atoms. The normalized spacial score (nSPS) is 12.6. The van der Waals surface area contributed by atoms with Gasteiger partial charge in [-0.05, 0) is 18.6 Å². The molecule has 0 heterocycles. The van der Waals surface area contributed by atoms with Gasteiger partial charge in [0.15, 0.2) is 0 Å². The first kappa shape index (κ1) is 14.8. The Labute approximate surface area is 114 Å². The van der Waals surface area contributed by atoms with Crippen LogP contribution in [0.3, 0.4) is 0 Å². The van der Waals surface area contributed by atoms with Crippen LogP contribution in [0.2, 0.25) is 0 Å². The number of halogens is 1. The van der Waals surface area contributed by atoms with E-state index in [4.69, 9.17) is 0 Å². The van der Waals surface area contributed by atoms with E-state index in [0.29, 0.717) is 5.69 Å². The second kappa shape index (κ2) is 6.05. The molecule has 6 nitrogen and oxygen atoms in total. The van der Waals surface area contributed by atoms with Crippen molar-refractivity contribution < 1.29 is 17.9 Å². The summed E-state index contributed by atoms with van der Waals surface area (Å²) in [6, 6.07) is 6.85. The highest BCUT2D eigenvalue weighted by atomic mass is 79.9. The second-order valence-electron chi connectivity index (χ2n) is 3.40. The average molecular weight is 337 g/mol. The average Bonchev–Trinajstić information content (AvgIpc) is 2.28. The maximum Gasteiger partial charge on any atom is 0.422 e. The van der Waals surface area contributed by atoms with Crippen molar-refractivity contribution in [3.8, 4) is 0 Å². The minimum atomic E-state index is -4.00. The highest BCUT2D eigenvalue weighted by Gasteiger charge is 2.17. The standard InChI is InChI=1S/C10H13BrN2O4S/c1-7(11)8-5-3-4-6-9(8)12-18(15,16)13-10(14)17-2/h3-7,12H,1-2H3,(H,13,14). The summed E-state index contributed by atoms with van der Waals surface area (Å²) in [5.41, 5.74) is 1.14. The Kier molecular flexibility index (Phi) is 4.97. The molecule has 100 valence electrons. The summed E-state index contributed by atoms with van der Waals surface area (Å²) in [6.07, 6.45) is -1.05. The number of rotatable bonds is 4. The minimum Gasteiger partial charge on any atom is -0.452 e. The Morgan fingerprint density at radius 3 is 2.56 bits per heavy atom. The van der Waals surface area contributed by atoms with Crippen molar-refractivity contribution >= 4 is 37.9 Å². The lowest BCUT2D eigenvalue weighted by Gasteiger charge is -2.13. The number of hydrogen-bond acceptors (Lipinski definition) is 4. The molecule has 1 unspecified atom stereocenters. The number of para-hydroxylation sites is 1. The van der Waals surface area contributed by atoms with Crippen molar-refractivity contribution in [1.82, 2.24) is 4.72 Å². The highest BCUT2D eigenvalue weighted by Crippen LogP contribution is 2.28. The second-order valence-corrected chi connectivity index (χ2v) is 6.19. The molecule has 0 saturated carbocycles. The van der Waals surface area contributed by atoms with Crippen LogP contribution in [0.5, 0.6) is 0 Å². The van der Waals surface area contributed by atoms with Crippen molar-refractivity contribution in [3.63, 3.8) is 0 Å². The van der Waals surface area contributed by atoms with E-state index in [1.807, 2.05) is 6.92 Å². The number of methoxy groups -OCH3 is 1. The lowest BCUT2D eigenvalue weighted by molar-refractivity contribution is 0.177. The highest BCUT2D eigenvalue weighted by molar-refractivity contribution is 9.09. The van der Waals surface area contributed by atoms with Crippen LogP contribution in [0.15, 0.2) is 24.3 Å². The summed E-state index contributed by atoms with van der Waals surface area (Å²) in [6.45, 7) is 1.86. The summed E-state index contributed by atoms with van der Waals surface area (Å²) in [7, 11) is -2.91. The van der Waals surface area contributed by atoms with E-state index in [2.05, 4.69) is 25.4 Å². The van der Waals surface area contributed by atoms with Gasteiger partial charge in [-0.1, -0.05) is 34.1 Å². The molecule has 1 atom stereocenters. The summed E-state index contributed by atoms with van der Waals surface area (Å²) >= 11 is 3.36. The first-order valence-corrected chi connectivity index (χ1v) is 7.37. The molecule has 8 heteroatoms. The fourth-order valence-electron chi connectivity index (χ4n) is 1.26. The van der Waals surface area contributed by atoms with Crippen molar-refractivity contribution in [2.75, 3.05) is 11.8 Å². The van der Waals surface area contributed by atoms with E-state index in [1.54, 1.807) is 29.0 Å². The monoisotopic (exact) mass is 336 g/mol. The van der Waals surface area contributed by atoms with Gasteiger partial charge in [0.1, 0.15) is 0 Å². The lowest BCUT2D eigenvalue weighted by atomic mass is 10.1. The van der Waals surface area contributed by atoms with Crippen LogP contribution in [0.4, 0.5) is 10.5 Å². The Morgan fingerprint density at radius 2 is 2.00 bits per heavy atom. The number of alkyl halides is 1. The van der Waals surface area contributed by atoms with Gasteiger partial charge in [0.25, 0.3) is 0 Å². The molecule has 0 saturated heterocycles. The van der Waals surface area contributed by atoms with Gasteiger partial charge < -0.3 is 4.74 Å². The zero-order valence-electron chi connectivity index (χ0n) is 9.81. The van der Waals surface area contributed by atoms with E-state index in [-0.39, 0.29) is 4.83 Å². The first-order valence-electron chi connectivity index (χ1n) is 4.97. The Hall–Kier alpha value is -1.28. The summed E-state index contributed by atoms with van der Waals surface area (Å²) < 4.78 is 31.4. The zero-order chi connectivity index (χ0) is 13.8. The number of amides is 1. The molecule has 0 aliphatic rings. The molecule has 0 spiro atoms. The molecule has 1 rings (SSSR count). The maximum absolute atomic E-state index is 11.6. The number of ether oxygens (including phenoxy) is 1. The minimum absolute atomic E-state index is 0.0328. The van der Waals surface area contributed by atoms with Crippen LogP contribution in [0, 0.1) is 0 Å². The Bertz CT molecular complexity index is 530. The molecule has 1 aromatic carbocycles. The summed E-state index contributed by atoms with van der Waals surface area (Å²) in [5, 5.41) is 0. The number of nitrogens with one attached hydrogen (secondary N) is 2. The van der Waals surface area contributed by atoms with Crippen LogP contribution in [0.1, 0.15) is 17.3 Å². The topological polar surface area (TPSA) is 84.5 Å². The van der Waals surface area contributed by atoms with E-state index in [0.717, 1.165) is 12.7 Å². The van der Waals surface area contributed by atoms with E-state index in [1.165, 1.54) is 0 Å². The van der Waals surface area contributed by atoms with E-state index in [9.17, 15) is 13.2 Å². The largest absolute Gasteiger partial charge is 0.452 e. The van der Waals surface area contributed by atoms with Crippen molar-refractivity contribution in [1.29, 1.82) is 0 Å². The molecule has 0 aliphatic heterocycles. The fourth-order valence-corrected chi connectivity index (χ4v) is 2.49. The lowest BCUT2D eigenvalue weighted by Crippen LogP contribution is -2.35. The Balaban J connectivity index is 2.94. The third-order valence-electron chi connectivity index (χ3n) is 2.04. The van der Waals surface area contributed by atoms with Crippen LogP contribution < -0.4 is 9.44 Å². The van der Waals surface area contributed by atoms with Gasteiger partial charge >= 0.3 is 16.3 Å². The molecule has 1 aromatic rings. The number of carbonyl (C=O) groups excluding carboxylic acids is 1. The van der Waals surface area contributed by atoms with Gasteiger partial charge in [-0.15, -0.1) is 0 Å². The molecule has 0 aromatic heterocycles. The SMILES string of the molecule is COC(=O)NS(=O)(=O)Nc1ccccc1C(C)Br. The van der Waals surface area contributed by atoms with Gasteiger partial charge in [0, 0.05) is 4.83 Å². The quantitative estimate of drug-likeness (QED) is 0.825. The molecule has 0 aliphatic carbocycles. The fraction of sp³-hybridized carbons (Fsp3) is 0.300. The number of benzene rings is 1. The van der Waals surface area contributed by atoms with Gasteiger partial charge in [-0.25, -0.2) is 9.52 Å². The molecule has 1 amide bonds. The van der Waals surface area contributed by atoms with E-state index < -0.39 is 16.3 Å². The smallest absolute Gasteiger partial charge is 0.422 e. The summed E-state index contributed by atoms with van der Waals surface area (Å²) in [5.74, 6) is 0. The zero-order valence-corrected chi connectivity index (χ0v) is 12.2. The predicted octanol–water partition coefficient (Wildman–Crippen LogP) is 2.16. The first-order chi connectivity index (χ1) is 8.35. The third-order valence-corrected chi connectivity index (χ3v) is 3.45. The van der Waals surface area contributed by atoms with Crippen molar-refractivity contribution in [2.24, 2.45) is 0 Å². The molecular weight excluding hydrogens is 324 g/mol. The molecule has 0 fully saturated rings. The number of carbonyl (C=O) groups is 1. The van der Waals surface area contributed by atoms with Crippen molar-refractivity contribution in [3.05, 3.63) is 29.8 Å². The van der Waals surface area contributed by atoms with Gasteiger partial charge in [0.2, 0.25) is 0 Å². The van der Waals surface area contributed by atoms with Crippen LogP contribution in [0.25, 0.3) is 0 Å². The summed E-state index contributed by atoms with van der Waals surface area (Å²) in [4.78, 5) is 10.8. The van der Waals surface area contributed by atoms with Crippen LogP contribution >= 0.6 is 15.9 Å². The molecule has 0 radical (unpaired) electrons. The van der Waals surface area contributed by atoms with Crippen LogP contribution in [-0.4, -0.2) is 21.6 Å². The van der Waals surface area contributed by atoms with Gasteiger partial charge in [0.05, 0.1) is 12.8 Å². The molecule has 0 bridgehead atoms. The third kappa shape index (κ3) is 4.19. The van der Waals surface area contributed by atoms with Crippen LogP contribution in [-0.2, 0) is 14.9 Å². The van der Waals surface area contributed by atoms with Crippen molar-refractivity contribution in [2.45, 2.75) is 11.8 Å². The predicted molar refractivity (Wildman–Crippen MR) is 71.9 cm³/mol. The van der Waals surface area contributed by atoms with E-state index >= 15 is 0 Å². The molecule has 2 N–H and O–H groups in total. The maximum atomic E-state index is 11.6.